The summed E-state index contributed by atoms with van der Waals surface area (Å²) in [6, 6.07) is 9.53. The predicted molar refractivity (Wildman–Crippen MR) is 86.1 cm³/mol. The minimum atomic E-state index is -0.155. The fraction of sp³-hybridized carbons (Fsp3) is 0.294. The van der Waals surface area contributed by atoms with Gasteiger partial charge in [0.25, 0.3) is 5.91 Å². The highest BCUT2D eigenvalue weighted by molar-refractivity contribution is 5.95. The maximum atomic E-state index is 12.4. The lowest BCUT2D eigenvalue weighted by Gasteiger charge is -2.14. The zero-order valence-electron chi connectivity index (χ0n) is 13.1. The van der Waals surface area contributed by atoms with E-state index in [1.165, 1.54) is 0 Å². The highest BCUT2D eigenvalue weighted by atomic mass is 16.4. The van der Waals surface area contributed by atoms with E-state index >= 15 is 0 Å². The molecule has 0 fully saturated rings. The predicted octanol–water partition coefficient (Wildman–Crippen LogP) is 2.20. The molecule has 3 heterocycles. The molecule has 1 aliphatic rings. The van der Waals surface area contributed by atoms with Gasteiger partial charge in [0, 0.05) is 12.1 Å². The van der Waals surface area contributed by atoms with Gasteiger partial charge in [0.1, 0.15) is 0 Å². The molecule has 7 heteroatoms. The van der Waals surface area contributed by atoms with Crippen LogP contribution in [0.25, 0.3) is 11.5 Å². The number of carbonyl (C=O) groups excluding carboxylic acids is 1. The van der Waals surface area contributed by atoms with Crippen molar-refractivity contribution in [3.63, 3.8) is 0 Å². The molecule has 0 atom stereocenters. The van der Waals surface area contributed by atoms with E-state index in [-0.39, 0.29) is 12.5 Å². The first-order valence-corrected chi connectivity index (χ1v) is 8.02. The van der Waals surface area contributed by atoms with Crippen molar-refractivity contribution in [2.24, 2.45) is 0 Å². The molecule has 4 rings (SSSR count). The molecule has 0 saturated heterocycles. The van der Waals surface area contributed by atoms with Gasteiger partial charge in [-0.05, 0) is 31.4 Å². The molecule has 1 amide bonds. The Morgan fingerprint density at radius 2 is 2.08 bits per heavy atom. The molecule has 3 aromatic rings. The molecule has 7 nitrogen and oxygen atoms in total. The number of carbonyl (C=O) groups is 1. The lowest BCUT2D eigenvalue weighted by Crippen LogP contribution is -2.24. The number of fused-ring (bicyclic) bond motifs is 1. The zero-order valence-corrected chi connectivity index (χ0v) is 13.1. The van der Waals surface area contributed by atoms with Crippen LogP contribution in [0.15, 0.2) is 40.9 Å². The van der Waals surface area contributed by atoms with Gasteiger partial charge in [-0.1, -0.05) is 18.2 Å². The molecule has 1 N–H and O–H groups in total. The molecule has 1 aromatic carbocycles. The summed E-state index contributed by atoms with van der Waals surface area (Å²) in [7, 11) is 0. The highest BCUT2D eigenvalue weighted by Gasteiger charge is 2.20. The standard InChI is InChI=1S/C17H17N5O2/c23-16(13-10-19-22-9-5-4-8-14(13)22)18-11-15-20-21-17(24-15)12-6-2-1-3-7-12/h1-3,6-7,10H,4-5,8-9,11H2,(H,18,23). The Labute approximate surface area is 138 Å². The lowest BCUT2D eigenvalue weighted by atomic mass is 10.1. The second kappa shape index (κ2) is 6.27. The van der Waals surface area contributed by atoms with E-state index in [1.54, 1.807) is 6.20 Å². The maximum Gasteiger partial charge on any atom is 0.255 e. The van der Waals surface area contributed by atoms with Crippen LogP contribution in [0.5, 0.6) is 0 Å². The number of benzene rings is 1. The first kappa shape index (κ1) is 14.6. The number of nitrogens with zero attached hydrogens (tertiary/aromatic N) is 4. The Morgan fingerprint density at radius 1 is 1.21 bits per heavy atom. The van der Waals surface area contributed by atoms with Gasteiger partial charge >= 0.3 is 0 Å². The fourth-order valence-corrected chi connectivity index (χ4v) is 2.88. The first-order chi connectivity index (χ1) is 11.8. The molecule has 24 heavy (non-hydrogen) atoms. The van der Waals surface area contributed by atoms with Crippen molar-refractivity contribution in [2.45, 2.75) is 32.4 Å². The minimum Gasteiger partial charge on any atom is -0.419 e. The summed E-state index contributed by atoms with van der Waals surface area (Å²) >= 11 is 0. The average molecular weight is 323 g/mol. The van der Waals surface area contributed by atoms with Crippen LogP contribution in [-0.4, -0.2) is 25.9 Å². The van der Waals surface area contributed by atoms with Crippen molar-refractivity contribution in [1.82, 2.24) is 25.3 Å². The third-order valence-corrected chi connectivity index (χ3v) is 4.11. The number of hydrogen-bond donors (Lipinski definition) is 1. The molecular formula is C17H17N5O2. The molecule has 0 saturated carbocycles. The van der Waals surface area contributed by atoms with Gasteiger partial charge in [-0.3, -0.25) is 9.48 Å². The SMILES string of the molecule is O=C(NCc1nnc(-c2ccccc2)o1)c1cnn2c1CCCC2. The van der Waals surface area contributed by atoms with Gasteiger partial charge < -0.3 is 9.73 Å². The number of hydrogen-bond acceptors (Lipinski definition) is 5. The van der Waals surface area contributed by atoms with Crippen molar-refractivity contribution in [2.75, 3.05) is 0 Å². The van der Waals surface area contributed by atoms with Gasteiger partial charge in [0.2, 0.25) is 11.8 Å². The molecule has 122 valence electrons. The van der Waals surface area contributed by atoms with Gasteiger partial charge in [0.05, 0.1) is 24.0 Å². The summed E-state index contributed by atoms with van der Waals surface area (Å²) in [5.41, 5.74) is 2.50. The summed E-state index contributed by atoms with van der Waals surface area (Å²) in [6.45, 7) is 1.08. The number of nitrogens with one attached hydrogen (secondary N) is 1. The van der Waals surface area contributed by atoms with Crippen LogP contribution in [0, 0.1) is 0 Å². The van der Waals surface area contributed by atoms with Crippen LogP contribution in [0.2, 0.25) is 0 Å². The third-order valence-electron chi connectivity index (χ3n) is 4.11. The molecule has 1 aliphatic heterocycles. The smallest absolute Gasteiger partial charge is 0.255 e. The molecule has 0 unspecified atom stereocenters. The largest absolute Gasteiger partial charge is 0.419 e. The molecule has 2 aromatic heterocycles. The summed E-state index contributed by atoms with van der Waals surface area (Å²) in [6.07, 6.45) is 4.73. The highest BCUT2D eigenvalue weighted by Crippen LogP contribution is 2.19. The molecular weight excluding hydrogens is 306 g/mol. The second-order valence-electron chi connectivity index (χ2n) is 5.73. The van der Waals surface area contributed by atoms with E-state index in [1.807, 2.05) is 35.0 Å². The Balaban J connectivity index is 1.43. The Kier molecular flexibility index (Phi) is 3.82. The quantitative estimate of drug-likeness (QED) is 0.795. The van der Waals surface area contributed by atoms with Gasteiger partial charge in [-0.2, -0.15) is 5.10 Å². The zero-order chi connectivity index (χ0) is 16.4. The summed E-state index contributed by atoms with van der Waals surface area (Å²) in [5, 5.41) is 15.1. The molecule has 0 spiro atoms. The third kappa shape index (κ3) is 2.80. The minimum absolute atomic E-state index is 0.155. The molecule has 0 radical (unpaired) electrons. The van der Waals surface area contributed by atoms with Crippen molar-refractivity contribution in [3.05, 3.63) is 53.7 Å². The summed E-state index contributed by atoms with van der Waals surface area (Å²) in [4.78, 5) is 12.4. The first-order valence-electron chi connectivity index (χ1n) is 8.02. The van der Waals surface area contributed by atoms with E-state index in [9.17, 15) is 4.79 Å². The Bertz CT molecular complexity index is 853. The summed E-state index contributed by atoms with van der Waals surface area (Å²) in [5.74, 6) is 0.670. The van der Waals surface area contributed by atoms with E-state index in [4.69, 9.17) is 4.42 Å². The van der Waals surface area contributed by atoms with Crippen LogP contribution >= 0.6 is 0 Å². The second-order valence-corrected chi connectivity index (χ2v) is 5.73. The Hall–Kier alpha value is -2.96. The average Bonchev–Trinajstić information content (AvgIpc) is 3.27. The number of aryl methyl sites for hydroxylation is 1. The summed E-state index contributed by atoms with van der Waals surface area (Å²) < 4.78 is 7.51. The van der Waals surface area contributed by atoms with Crippen molar-refractivity contribution in [3.8, 4) is 11.5 Å². The number of rotatable bonds is 4. The van der Waals surface area contributed by atoms with Crippen LogP contribution in [0.1, 0.15) is 34.8 Å². The Morgan fingerprint density at radius 3 is 2.96 bits per heavy atom. The van der Waals surface area contributed by atoms with Crippen molar-refractivity contribution < 1.29 is 9.21 Å². The van der Waals surface area contributed by atoms with Crippen molar-refractivity contribution >= 4 is 5.91 Å². The van der Waals surface area contributed by atoms with Gasteiger partial charge in [0.15, 0.2) is 0 Å². The molecule has 0 bridgehead atoms. The normalized spacial score (nSPS) is 13.5. The lowest BCUT2D eigenvalue weighted by molar-refractivity contribution is 0.0946. The topological polar surface area (TPSA) is 85.8 Å². The van der Waals surface area contributed by atoms with Gasteiger partial charge in [-0.25, -0.2) is 0 Å². The van der Waals surface area contributed by atoms with Crippen LogP contribution < -0.4 is 5.32 Å². The fourth-order valence-electron chi connectivity index (χ4n) is 2.88. The van der Waals surface area contributed by atoms with Crippen LogP contribution in [0.4, 0.5) is 0 Å². The van der Waals surface area contributed by atoms with E-state index in [0.29, 0.717) is 17.3 Å². The maximum absolute atomic E-state index is 12.4. The van der Waals surface area contributed by atoms with Gasteiger partial charge in [-0.15, -0.1) is 10.2 Å². The van der Waals surface area contributed by atoms with Crippen molar-refractivity contribution in [1.29, 1.82) is 0 Å². The van der Waals surface area contributed by atoms with E-state index < -0.39 is 0 Å². The molecule has 0 aliphatic carbocycles. The monoisotopic (exact) mass is 323 g/mol. The van der Waals surface area contributed by atoms with Crippen LogP contribution in [-0.2, 0) is 19.5 Å². The number of amides is 1. The van der Waals surface area contributed by atoms with Crippen LogP contribution in [0.3, 0.4) is 0 Å². The number of aromatic nitrogens is 4. The van der Waals surface area contributed by atoms with E-state index in [2.05, 4.69) is 20.6 Å². The van der Waals surface area contributed by atoms with E-state index in [0.717, 1.165) is 37.1 Å².